The molecular formula is C17H9FN4O4. The van der Waals surface area contributed by atoms with Gasteiger partial charge in [-0.2, -0.15) is 4.98 Å². The van der Waals surface area contributed by atoms with Crippen LogP contribution in [0.15, 0.2) is 58.1 Å². The summed E-state index contributed by atoms with van der Waals surface area (Å²) in [6.07, 6.45) is 0. The number of nitrogens with zero attached hydrogens (tertiary/aromatic N) is 3. The van der Waals surface area contributed by atoms with Gasteiger partial charge in [0.05, 0.1) is 16.2 Å². The summed E-state index contributed by atoms with van der Waals surface area (Å²) < 4.78 is 15.6. The second kappa shape index (κ2) is 5.59. The minimum Gasteiger partial charge on any atom is -0.284 e. The van der Waals surface area contributed by atoms with Crippen molar-refractivity contribution < 1.29 is 9.31 Å². The van der Waals surface area contributed by atoms with Gasteiger partial charge in [0, 0.05) is 11.5 Å². The van der Waals surface area contributed by atoms with Gasteiger partial charge in [-0.05, 0) is 18.2 Å². The molecule has 2 aliphatic heterocycles. The topological polar surface area (TPSA) is 111 Å². The number of H-pyrrole nitrogens is 1. The number of aromatic nitrogens is 3. The van der Waals surface area contributed by atoms with Crippen LogP contribution >= 0.6 is 0 Å². The number of hydrogen-bond acceptors (Lipinski definition) is 5. The number of para-hydroxylation sites is 2. The molecule has 128 valence electrons. The molecule has 0 amide bonds. The van der Waals surface area contributed by atoms with E-state index >= 15 is 0 Å². The Balaban J connectivity index is 2.35. The molecule has 0 saturated carbocycles. The zero-order valence-electron chi connectivity index (χ0n) is 13.0. The summed E-state index contributed by atoms with van der Waals surface area (Å²) >= 11 is 0. The fraction of sp³-hybridized carbons (Fsp3) is 0. The predicted molar refractivity (Wildman–Crippen MR) is 91.2 cm³/mol. The van der Waals surface area contributed by atoms with E-state index in [9.17, 15) is 24.1 Å². The molecule has 0 aliphatic carbocycles. The van der Waals surface area contributed by atoms with E-state index in [-0.39, 0.29) is 28.3 Å². The van der Waals surface area contributed by atoms with Crippen molar-refractivity contribution in [1.82, 2.24) is 14.5 Å². The van der Waals surface area contributed by atoms with Crippen molar-refractivity contribution >= 4 is 16.6 Å². The fourth-order valence-electron chi connectivity index (χ4n) is 2.94. The van der Waals surface area contributed by atoms with Gasteiger partial charge in [0.15, 0.2) is 5.82 Å². The van der Waals surface area contributed by atoms with Crippen LogP contribution in [0.25, 0.3) is 28.0 Å². The zero-order chi connectivity index (χ0) is 18.4. The molecule has 8 nitrogen and oxygen atoms in total. The van der Waals surface area contributed by atoms with E-state index in [0.717, 1.165) is 4.57 Å². The number of hydrogen-bond donors (Lipinski definition) is 1. The highest BCUT2D eigenvalue weighted by atomic mass is 19.1. The summed E-state index contributed by atoms with van der Waals surface area (Å²) in [6, 6.07) is 11.2. The Morgan fingerprint density at radius 1 is 1.12 bits per heavy atom. The molecule has 0 fully saturated rings. The van der Waals surface area contributed by atoms with Gasteiger partial charge in [-0.3, -0.25) is 24.5 Å². The van der Waals surface area contributed by atoms with Crippen molar-refractivity contribution in [3.8, 4) is 17.1 Å². The van der Waals surface area contributed by atoms with Crippen LogP contribution in [0.4, 0.5) is 10.1 Å². The third-order valence-electron chi connectivity index (χ3n) is 3.98. The molecule has 0 unspecified atom stereocenters. The van der Waals surface area contributed by atoms with Crippen LogP contribution in [0.3, 0.4) is 0 Å². The van der Waals surface area contributed by atoms with Gasteiger partial charge in [0.1, 0.15) is 11.3 Å². The number of fused-ring (bicyclic) bond motifs is 2. The third kappa shape index (κ3) is 2.25. The lowest BCUT2D eigenvalue weighted by Crippen LogP contribution is -2.27. The van der Waals surface area contributed by atoms with Crippen molar-refractivity contribution in [1.29, 1.82) is 0 Å². The Labute approximate surface area is 143 Å². The van der Waals surface area contributed by atoms with Gasteiger partial charge >= 0.3 is 5.69 Å². The van der Waals surface area contributed by atoms with Crippen LogP contribution in [0.1, 0.15) is 0 Å². The van der Waals surface area contributed by atoms with E-state index in [1.165, 1.54) is 42.5 Å². The minimum atomic E-state index is -0.925. The average molecular weight is 352 g/mol. The van der Waals surface area contributed by atoms with Crippen LogP contribution in [-0.4, -0.2) is 19.5 Å². The summed E-state index contributed by atoms with van der Waals surface area (Å²) in [5.74, 6) is -0.843. The number of nitrogens with one attached hydrogen (secondary N) is 1. The second-order valence-corrected chi connectivity index (χ2v) is 5.51. The first-order valence-electron chi connectivity index (χ1n) is 7.45. The molecule has 2 aromatic carbocycles. The lowest BCUT2D eigenvalue weighted by atomic mass is 10.1. The van der Waals surface area contributed by atoms with Gasteiger partial charge in [0.2, 0.25) is 0 Å². The summed E-state index contributed by atoms with van der Waals surface area (Å²) in [6.45, 7) is 0. The van der Waals surface area contributed by atoms with Gasteiger partial charge in [-0.25, -0.2) is 9.18 Å². The number of benzene rings is 2. The Morgan fingerprint density at radius 2 is 1.88 bits per heavy atom. The van der Waals surface area contributed by atoms with E-state index < -0.39 is 22.0 Å². The Morgan fingerprint density at radius 3 is 2.62 bits per heavy atom. The molecule has 0 aromatic heterocycles. The molecule has 0 atom stereocenters. The van der Waals surface area contributed by atoms with Gasteiger partial charge < -0.3 is 0 Å². The lowest BCUT2D eigenvalue weighted by Gasteiger charge is -2.17. The van der Waals surface area contributed by atoms with Crippen LogP contribution in [-0.2, 0) is 0 Å². The number of pyridine rings is 1. The molecular weight excluding hydrogens is 343 g/mol. The van der Waals surface area contributed by atoms with E-state index in [2.05, 4.69) is 4.98 Å². The summed E-state index contributed by atoms with van der Waals surface area (Å²) in [7, 11) is 0. The van der Waals surface area contributed by atoms with Crippen LogP contribution in [0.5, 0.6) is 0 Å². The van der Waals surface area contributed by atoms with Crippen molar-refractivity contribution in [2.75, 3.05) is 0 Å². The molecule has 0 radical (unpaired) electrons. The maximum absolute atomic E-state index is 14.5. The zero-order valence-corrected chi connectivity index (χ0v) is 13.0. The van der Waals surface area contributed by atoms with E-state index in [4.69, 9.17) is 0 Å². The Bertz CT molecular complexity index is 1280. The quantitative estimate of drug-likeness (QED) is 0.338. The average Bonchev–Trinajstić information content (AvgIpc) is 2.60. The Kier molecular flexibility index (Phi) is 3.36. The standard InChI is InChI=1S/C17H9FN4O4/c18-11-5-1-2-6-12(11)21-14-9(4-3-7-13(14)22(25)26)8-10-15(21)19-17(24)20-16(10)23/h1-8H,(H,20,23,24). The fourth-order valence-corrected chi connectivity index (χ4v) is 2.94. The molecule has 2 aliphatic rings. The summed E-state index contributed by atoms with van der Waals surface area (Å²) in [4.78, 5) is 40.6. The van der Waals surface area contributed by atoms with Crippen LogP contribution in [0.2, 0.25) is 0 Å². The number of halogens is 1. The first kappa shape index (κ1) is 15.6. The molecule has 26 heavy (non-hydrogen) atoms. The normalized spacial score (nSPS) is 11.1. The number of aromatic amines is 1. The highest BCUT2D eigenvalue weighted by molar-refractivity contribution is 5.93. The lowest BCUT2D eigenvalue weighted by molar-refractivity contribution is -0.383. The smallest absolute Gasteiger partial charge is 0.284 e. The highest BCUT2D eigenvalue weighted by Gasteiger charge is 2.24. The first-order valence-corrected chi connectivity index (χ1v) is 7.45. The van der Waals surface area contributed by atoms with Crippen LogP contribution in [0, 0.1) is 15.9 Å². The van der Waals surface area contributed by atoms with E-state index in [1.54, 1.807) is 6.07 Å². The monoisotopic (exact) mass is 352 g/mol. The van der Waals surface area contributed by atoms with Gasteiger partial charge in [0.25, 0.3) is 11.2 Å². The van der Waals surface area contributed by atoms with Crippen molar-refractivity contribution in [3.63, 3.8) is 0 Å². The molecule has 2 heterocycles. The summed E-state index contributed by atoms with van der Waals surface area (Å²) in [5, 5.41) is 11.8. The van der Waals surface area contributed by atoms with Crippen molar-refractivity contribution in [3.05, 3.63) is 85.3 Å². The number of rotatable bonds is 2. The molecule has 0 saturated heterocycles. The molecule has 0 spiro atoms. The maximum atomic E-state index is 14.5. The van der Waals surface area contributed by atoms with Crippen LogP contribution < -0.4 is 11.2 Å². The minimum absolute atomic E-state index is 0.0147. The number of non-ortho nitro benzene ring substituents is 1. The van der Waals surface area contributed by atoms with Crippen molar-refractivity contribution in [2.24, 2.45) is 0 Å². The SMILES string of the molecule is O=c1nc2n(-c3ccccc3F)c3c([N+](=O)[O-])cccc3cc-2c(=O)[nH]1. The molecule has 2 aromatic rings. The maximum Gasteiger partial charge on any atom is 0.349 e. The van der Waals surface area contributed by atoms with Gasteiger partial charge in [-0.15, -0.1) is 0 Å². The number of nitro benzene ring substituents is 1. The summed E-state index contributed by atoms with van der Waals surface area (Å²) in [5.41, 5.74) is -1.95. The van der Waals surface area contributed by atoms with E-state index in [0.29, 0.717) is 5.39 Å². The van der Waals surface area contributed by atoms with Crippen molar-refractivity contribution in [2.45, 2.75) is 0 Å². The predicted octanol–water partition coefficient (Wildman–Crippen LogP) is 2.23. The first-order chi connectivity index (χ1) is 12.5. The molecule has 0 bridgehead atoms. The second-order valence-electron chi connectivity index (χ2n) is 5.51. The largest absolute Gasteiger partial charge is 0.349 e. The molecule has 4 rings (SSSR count). The molecule has 9 heteroatoms. The Hall–Kier alpha value is -3.88. The van der Waals surface area contributed by atoms with E-state index in [1.807, 2.05) is 4.98 Å². The highest BCUT2D eigenvalue weighted by Crippen LogP contribution is 2.33. The third-order valence-corrected chi connectivity index (χ3v) is 3.98. The van der Waals surface area contributed by atoms with Gasteiger partial charge in [-0.1, -0.05) is 24.3 Å². The number of nitro groups is 1. The molecule has 1 N–H and O–H groups in total.